The topological polar surface area (TPSA) is 74.8 Å². The van der Waals surface area contributed by atoms with E-state index in [1.54, 1.807) is 6.07 Å². The Kier molecular flexibility index (Phi) is 5.11. The second-order valence-electron chi connectivity index (χ2n) is 7.75. The van der Waals surface area contributed by atoms with Crippen LogP contribution in [0.15, 0.2) is 29.8 Å². The van der Waals surface area contributed by atoms with Crippen LogP contribution in [0.5, 0.6) is 0 Å². The summed E-state index contributed by atoms with van der Waals surface area (Å²) in [5.74, 6) is -2.05. The summed E-state index contributed by atoms with van der Waals surface area (Å²) in [5.41, 5.74) is 4.12. The van der Waals surface area contributed by atoms with Crippen molar-refractivity contribution in [2.45, 2.75) is 51.4 Å². The van der Waals surface area contributed by atoms with E-state index in [0.29, 0.717) is 12.0 Å². The summed E-state index contributed by atoms with van der Waals surface area (Å²) >= 11 is 0. The molecule has 146 valence electrons. The molecule has 28 heavy (non-hydrogen) atoms. The van der Waals surface area contributed by atoms with Crippen molar-refractivity contribution < 1.29 is 19.2 Å². The van der Waals surface area contributed by atoms with Crippen molar-refractivity contribution >= 4 is 23.6 Å². The van der Waals surface area contributed by atoms with E-state index < -0.39 is 17.8 Å². The highest BCUT2D eigenvalue weighted by atomic mass is 16.2. The number of fused-ring (bicyclic) bond motifs is 1. The Hall–Kier alpha value is -2.76. The van der Waals surface area contributed by atoms with Crippen LogP contribution in [0.3, 0.4) is 0 Å². The van der Waals surface area contributed by atoms with Crippen LogP contribution in [0.4, 0.5) is 4.79 Å². The van der Waals surface area contributed by atoms with E-state index in [0.717, 1.165) is 53.9 Å². The summed E-state index contributed by atoms with van der Waals surface area (Å²) in [7, 11) is 0. The highest BCUT2D eigenvalue weighted by molar-refractivity contribution is 6.45. The molecule has 1 aliphatic heterocycles. The van der Waals surface area contributed by atoms with Crippen molar-refractivity contribution in [3.05, 3.63) is 46.5 Å². The number of urea groups is 1. The molecule has 0 N–H and O–H groups in total. The van der Waals surface area contributed by atoms with Gasteiger partial charge in [0.1, 0.15) is 0 Å². The van der Waals surface area contributed by atoms with E-state index in [9.17, 15) is 19.2 Å². The number of amides is 4. The van der Waals surface area contributed by atoms with E-state index >= 15 is 0 Å². The molecule has 1 saturated heterocycles. The largest absolute Gasteiger partial charge is 0.334 e. The molecular weight excluding hydrogens is 356 g/mol. The van der Waals surface area contributed by atoms with Gasteiger partial charge in [-0.2, -0.15) is 0 Å². The van der Waals surface area contributed by atoms with E-state index in [2.05, 4.69) is 6.08 Å². The van der Waals surface area contributed by atoms with Crippen LogP contribution in [0, 0.1) is 0 Å². The number of nitrogens with zero attached hydrogens (tertiary/aromatic N) is 2. The number of benzene rings is 1. The molecular formula is C22H24N2O4. The maximum Gasteiger partial charge on any atom is 0.334 e. The van der Waals surface area contributed by atoms with Crippen molar-refractivity contribution in [2.75, 3.05) is 13.1 Å². The maximum absolute atomic E-state index is 12.6. The zero-order valence-electron chi connectivity index (χ0n) is 15.9. The first-order valence-electron chi connectivity index (χ1n) is 10.0. The Morgan fingerprint density at radius 2 is 1.68 bits per heavy atom. The van der Waals surface area contributed by atoms with Gasteiger partial charge in [0.15, 0.2) is 5.78 Å². The number of rotatable bonds is 6. The zero-order valence-corrected chi connectivity index (χ0v) is 15.9. The summed E-state index contributed by atoms with van der Waals surface area (Å²) in [6.07, 6.45) is 10.1. The monoisotopic (exact) mass is 380 g/mol. The third-order valence-corrected chi connectivity index (χ3v) is 5.90. The molecule has 3 aliphatic rings. The molecule has 0 radical (unpaired) electrons. The van der Waals surface area contributed by atoms with E-state index in [1.165, 1.54) is 17.6 Å². The molecule has 0 spiro atoms. The molecule has 4 amide bonds. The molecule has 6 heteroatoms. The lowest BCUT2D eigenvalue weighted by Crippen LogP contribution is -2.37. The molecule has 0 bridgehead atoms. The van der Waals surface area contributed by atoms with Gasteiger partial charge in [-0.15, -0.1) is 0 Å². The molecule has 0 aromatic heterocycles. The van der Waals surface area contributed by atoms with Crippen LogP contribution >= 0.6 is 0 Å². The first-order valence-corrected chi connectivity index (χ1v) is 10.0. The molecule has 1 aromatic carbocycles. The number of carbonyl (C=O) groups excluding carboxylic acids is 4. The molecule has 0 unspecified atom stereocenters. The average Bonchev–Trinajstić information content (AvgIpc) is 3.26. The second-order valence-corrected chi connectivity index (χ2v) is 7.75. The van der Waals surface area contributed by atoms with E-state index in [-0.39, 0.29) is 18.9 Å². The first kappa shape index (κ1) is 18.6. The predicted octanol–water partition coefficient (Wildman–Crippen LogP) is 3.04. The molecule has 1 heterocycles. The van der Waals surface area contributed by atoms with Gasteiger partial charge in [0, 0.05) is 12.1 Å². The minimum atomic E-state index is -0.905. The quantitative estimate of drug-likeness (QED) is 0.329. The highest BCUT2D eigenvalue weighted by Gasteiger charge is 2.44. The Labute approximate surface area is 164 Å². The summed E-state index contributed by atoms with van der Waals surface area (Å²) in [6.45, 7) is -0.194. The number of imide groups is 2. The SMILES string of the molecule is O=C(CN1C(=O)C(=O)N(CCC2=CCCCC2)C1=O)c1ccc2c(c1)CCC2. The Morgan fingerprint density at radius 3 is 2.46 bits per heavy atom. The predicted molar refractivity (Wildman–Crippen MR) is 103 cm³/mol. The normalized spacial score (nSPS) is 19.3. The molecule has 4 rings (SSSR count). The smallest absolute Gasteiger partial charge is 0.292 e. The standard InChI is InChI=1S/C22H24N2O4/c25-19(18-10-9-16-7-4-8-17(16)13-18)14-24-21(27)20(26)23(22(24)28)12-11-15-5-2-1-3-6-15/h5,9-10,13H,1-4,6-8,11-12,14H2. The third-order valence-electron chi connectivity index (χ3n) is 5.90. The Morgan fingerprint density at radius 1 is 0.893 bits per heavy atom. The highest BCUT2D eigenvalue weighted by Crippen LogP contribution is 2.24. The van der Waals surface area contributed by atoms with Gasteiger partial charge in [0.25, 0.3) is 0 Å². The number of Topliss-reactive ketones (excluding diaryl/α,β-unsaturated/α-hetero) is 1. The van der Waals surface area contributed by atoms with Gasteiger partial charge in [-0.05, 0) is 68.6 Å². The van der Waals surface area contributed by atoms with Crippen molar-refractivity contribution in [2.24, 2.45) is 0 Å². The van der Waals surface area contributed by atoms with Crippen LogP contribution in [-0.2, 0) is 22.4 Å². The van der Waals surface area contributed by atoms with Crippen molar-refractivity contribution in [1.82, 2.24) is 9.80 Å². The number of carbonyl (C=O) groups is 4. The van der Waals surface area contributed by atoms with Gasteiger partial charge in [-0.3, -0.25) is 19.3 Å². The number of hydrogen-bond donors (Lipinski definition) is 0. The van der Waals surface area contributed by atoms with Gasteiger partial charge in [-0.25, -0.2) is 9.69 Å². The Bertz CT molecular complexity index is 887. The van der Waals surface area contributed by atoms with Gasteiger partial charge >= 0.3 is 17.8 Å². The summed E-state index contributed by atoms with van der Waals surface area (Å²) in [4.78, 5) is 51.5. The lowest BCUT2D eigenvalue weighted by Gasteiger charge is -2.17. The zero-order chi connectivity index (χ0) is 19.7. The van der Waals surface area contributed by atoms with Crippen LogP contribution < -0.4 is 0 Å². The van der Waals surface area contributed by atoms with Crippen molar-refractivity contribution in [1.29, 1.82) is 0 Å². The van der Waals surface area contributed by atoms with Gasteiger partial charge in [-0.1, -0.05) is 23.8 Å². The minimum Gasteiger partial charge on any atom is -0.292 e. The molecule has 1 fully saturated rings. The van der Waals surface area contributed by atoms with Gasteiger partial charge < -0.3 is 0 Å². The molecule has 1 aromatic rings. The minimum absolute atomic E-state index is 0.193. The fourth-order valence-electron chi connectivity index (χ4n) is 4.25. The molecule has 6 nitrogen and oxygen atoms in total. The molecule has 0 saturated carbocycles. The first-order chi connectivity index (χ1) is 13.5. The number of ketones is 1. The average molecular weight is 380 g/mol. The number of aryl methyl sites for hydroxylation is 2. The molecule has 2 aliphatic carbocycles. The van der Waals surface area contributed by atoms with Crippen LogP contribution in [0.25, 0.3) is 0 Å². The number of allylic oxidation sites excluding steroid dienone is 1. The van der Waals surface area contributed by atoms with Crippen molar-refractivity contribution in [3.63, 3.8) is 0 Å². The Balaban J connectivity index is 1.42. The van der Waals surface area contributed by atoms with Gasteiger partial charge in [0.05, 0.1) is 6.54 Å². The van der Waals surface area contributed by atoms with Crippen LogP contribution in [0.2, 0.25) is 0 Å². The number of hydrogen-bond acceptors (Lipinski definition) is 4. The fourth-order valence-corrected chi connectivity index (χ4v) is 4.25. The van der Waals surface area contributed by atoms with E-state index in [1.807, 2.05) is 12.1 Å². The van der Waals surface area contributed by atoms with Crippen LogP contribution in [0.1, 0.15) is 60.0 Å². The lowest BCUT2D eigenvalue weighted by molar-refractivity contribution is -0.143. The van der Waals surface area contributed by atoms with E-state index in [4.69, 9.17) is 0 Å². The maximum atomic E-state index is 12.6. The second kappa shape index (κ2) is 7.70. The lowest BCUT2D eigenvalue weighted by atomic mass is 9.97. The summed E-state index contributed by atoms with van der Waals surface area (Å²) < 4.78 is 0. The van der Waals surface area contributed by atoms with Gasteiger partial charge in [0.2, 0.25) is 0 Å². The molecule has 0 atom stereocenters. The third kappa shape index (κ3) is 3.51. The summed E-state index contributed by atoms with van der Waals surface area (Å²) in [5, 5.41) is 0. The fraction of sp³-hybridized carbons (Fsp3) is 0.455. The van der Waals surface area contributed by atoms with Crippen LogP contribution in [-0.4, -0.2) is 46.5 Å². The summed E-state index contributed by atoms with van der Waals surface area (Å²) in [6, 6.07) is 4.86. The van der Waals surface area contributed by atoms with Crippen molar-refractivity contribution in [3.8, 4) is 0 Å².